The second-order valence-electron chi connectivity index (χ2n) is 6.56. The van der Waals surface area contributed by atoms with E-state index in [1.54, 1.807) is 6.20 Å². The van der Waals surface area contributed by atoms with Gasteiger partial charge in [0.1, 0.15) is 5.82 Å². The zero-order valence-electron chi connectivity index (χ0n) is 14.2. The number of benzene rings is 1. The van der Waals surface area contributed by atoms with Gasteiger partial charge in [0.25, 0.3) is 5.91 Å². The van der Waals surface area contributed by atoms with Crippen molar-refractivity contribution in [3.8, 4) is 0 Å². The number of aryl methyl sites for hydroxylation is 1. The first-order valence-electron chi connectivity index (χ1n) is 8.66. The third-order valence-corrected chi connectivity index (χ3v) is 4.60. The smallest absolute Gasteiger partial charge is 0.253 e. The van der Waals surface area contributed by atoms with Crippen LogP contribution in [-0.2, 0) is 6.42 Å². The minimum atomic E-state index is -0.0979. The highest BCUT2D eigenvalue weighted by Crippen LogP contribution is 2.37. The van der Waals surface area contributed by atoms with Crippen molar-refractivity contribution in [1.82, 2.24) is 20.3 Å². The first-order valence-corrected chi connectivity index (χ1v) is 8.66. The Morgan fingerprint density at radius 3 is 2.72 bits per heavy atom. The van der Waals surface area contributed by atoms with Crippen LogP contribution in [0.15, 0.2) is 42.9 Å². The van der Waals surface area contributed by atoms with E-state index in [0.717, 1.165) is 27.9 Å². The van der Waals surface area contributed by atoms with E-state index in [1.807, 2.05) is 43.6 Å². The first kappa shape index (κ1) is 15.7. The average molecular weight is 332 g/mol. The number of fused-ring (bicyclic) bond motifs is 1. The number of nitrogens with one attached hydrogen (secondary N) is 1. The predicted octanol–water partition coefficient (Wildman–Crippen LogP) is 3.18. The summed E-state index contributed by atoms with van der Waals surface area (Å²) in [5.74, 6) is 1.42. The van der Waals surface area contributed by atoms with Crippen LogP contribution in [0.4, 0.5) is 0 Å². The van der Waals surface area contributed by atoms with Gasteiger partial charge in [0, 0.05) is 36.4 Å². The fraction of sp³-hybridized carbons (Fsp3) is 0.300. The average Bonchev–Trinajstić information content (AvgIpc) is 3.48. The normalized spacial score (nSPS) is 13.8. The van der Waals surface area contributed by atoms with E-state index in [9.17, 15) is 4.79 Å². The predicted molar refractivity (Wildman–Crippen MR) is 96.5 cm³/mol. The van der Waals surface area contributed by atoms with Gasteiger partial charge >= 0.3 is 0 Å². The SMILES string of the molecule is Cc1ccc(C(=O)NCCc2cnc(C3CC3)nc2)c2ncccc12. The molecule has 1 amide bonds. The summed E-state index contributed by atoms with van der Waals surface area (Å²) >= 11 is 0. The molecule has 0 saturated heterocycles. The number of hydrogen-bond acceptors (Lipinski definition) is 4. The number of hydrogen-bond donors (Lipinski definition) is 1. The summed E-state index contributed by atoms with van der Waals surface area (Å²) in [6.07, 6.45) is 8.58. The first-order chi connectivity index (χ1) is 12.2. The van der Waals surface area contributed by atoms with E-state index in [1.165, 1.54) is 12.8 Å². The molecule has 1 saturated carbocycles. The number of carbonyl (C=O) groups is 1. The van der Waals surface area contributed by atoms with Gasteiger partial charge in [-0.15, -0.1) is 0 Å². The molecule has 0 bridgehead atoms. The fourth-order valence-corrected chi connectivity index (χ4v) is 2.96. The maximum atomic E-state index is 12.5. The minimum absolute atomic E-state index is 0.0979. The molecular weight excluding hydrogens is 312 g/mol. The Morgan fingerprint density at radius 1 is 1.16 bits per heavy atom. The van der Waals surface area contributed by atoms with Crippen molar-refractivity contribution in [2.75, 3.05) is 6.54 Å². The van der Waals surface area contributed by atoms with Gasteiger partial charge < -0.3 is 5.32 Å². The van der Waals surface area contributed by atoms with Crippen molar-refractivity contribution in [3.05, 3.63) is 65.4 Å². The standard InChI is InChI=1S/C20H20N4O/c1-13-4-7-17(18-16(13)3-2-9-21-18)20(25)22-10-8-14-11-23-19(24-12-14)15-5-6-15/h2-4,7,9,11-12,15H,5-6,8,10H2,1H3,(H,22,25). The lowest BCUT2D eigenvalue weighted by molar-refractivity contribution is 0.0955. The molecule has 1 N–H and O–H groups in total. The molecule has 3 aromatic rings. The molecule has 2 aromatic heterocycles. The number of aromatic nitrogens is 3. The lowest BCUT2D eigenvalue weighted by Gasteiger charge is -2.09. The molecule has 5 nitrogen and oxygen atoms in total. The van der Waals surface area contributed by atoms with Crippen LogP contribution in [-0.4, -0.2) is 27.4 Å². The van der Waals surface area contributed by atoms with Crippen LogP contribution in [0.5, 0.6) is 0 Å². The molecule has 1 aliphatic rings. The van der Waals surface area contributed by atoms with Crippen LogP contribution in [0.1, 0.15) is 46.1 Å². The van der Waals surface area contributed by atoms with E-state index >= 15 is 0 Å². The Hall–Kier alpha value is -2.82. The monoisotopic (exact) mass is 332 g/mol. The van der Waals surface area contributed by atoms with E-state index in [-0.39, 0.29) is 5.91 Å². The molecular formula is C20H20N4O. The summed E-state index contributed by atoms with van der Waals surface area (Å²) < 4.78 is 0. The van der Waals surface area contributed by atoms with E-state index in [0.29, 0.717) is 24.4 Å². The van der Waals surface area contributed by atoms with Crippen molar-refractivity contribution in [1.29, 1.82) is 0 Å². The molecule has 0 atom stereocenters. The highest BCUT2D eigenvalue weighted by Gasteiger charge is 2.26. The van der Waals surface area contributed by atoms with Gasteiger partial charge in [-0.25, -0.2) is 9.97 Å². The highest BCUT2D eigenvalue weighted by molar-refractivity contribution is 6.06. The van der Waals surface area contributed by atoms with Gasteiger partial charge in [-0.2, -0.15) is 0 Å². The van der Waals surface area contributed by atoms with Crippen LogP contribution in [0.2, 0.25) is 0 Å². The van der Waals surface area contributed by atoms with Crippen molar-refractivity contribution in [3.63, 3.8) is 0 Å². The fourth-order valence-electron chi connectivity index (χ4n) is 2.96. The molecule has 5 heteroatoms. The molecule has 126 valence electrons. The Kier molecular flexibility index (Phi) is 4.14. The maximum Gasteiger partial charge on any atom is 0.253 e. The lowest BCUT2D eigenvalue weighted by Crippen LogP contribution is -2.26. The molecule has 4 rings (SSSR count). The number of carbonyl (C=O) groups excluding carboxylic acids is 1. The molecule has 2 heterocycles. The van der Waals surface area contributed by atoms with Gasteiger partial charge in [0.05, 0.1) is 11.1 Å². The second-order valence-corrected chi connectivity index (χ2v) is 6.56. The molecule has 1 fully saturated rings. The summed E-state index contributed by atoms with van der Waals surface area (Å²) in [4.78, 5) is 25.7. The highest BCUT2D eigenvalue weighted by atomic mass is 16.1. The summed E-state index contributed by atoms with van der Waals surface area (Å²) in [6, 6.07) is 7.69. The van der Waals surface area contributed by atoms with Crippen molar-refractivity contribution in [2.45, 2.75) is 32.1 Å². The summed E-state index contributed by atoms with van der Waals surface area (Å²) in [5.41, 5.74) is 3.52. The summed E-state index contributed by atoms with van der Waals surface area (Å²) in [7, 11) is 0. The van der Waals surface area contributed by atoms with Crippen molar-refractivity contribution < 1.29 is 4.79 Å². The molecule has 0 unspecified atom stereocenters. The third kappa shape index (κ3) is 3.36. The Labute approximate surface area is 146 Å². The number of rotatable bonds is 5. The van der Waals surface area contributed by atoms with Gasteiger partial charge in [-0.3, -0.25) is 9.78 Å². The third-order valence-electron chi connectivity index (χ3n) is 4.60. The van der Waals surface area contributed by atoms with Crippen LogP contribution in [0, 0.1) is 6.92 Å². The van der Waals surface area contributed by atoms with Gasteiger partial charge in [-0.05, 0) is 49.4 Å². The minimum Gasteiger partial charge on any atom is -0.352 e. The lowest BCUT2D eigenvalue weighted by atomic mass is 10.0. The Morgan fingerprint density at radius 2 is 1.96 bits per heavy atom. The Balaban J connectivity index is 1.41. The van der Waals surface area contributed by atoms with Crippen molar-refractivity contribution in [2.24, 2.45) is 0 Å². The number of pyridine rings is 1. The van der Waals surface area contributed by atoms with E-state index < -0.39 is 0 Å². The largest absolute Gasteiger partial charge is 0.352 e. The Bertz CT molecular complexity index is 917. The van der Waals surface area contributed by atoms with Crippen LogP contribution in [0.3, 0.4) is 0 Å². The second kappa shape index (κ2) is 6.59. The van der Waals surface area contributed by atoms with Crippen LogP contribution >= 0.6 is 0 Å². The van der Waals surface area contributed by atoms with E-state index in [4.69, 9.17) is 0 Å². The van der Waals surface area contributed by atoms with Gasteiger partial charge in [0.2, 0.25) is 0 Å². The van der Waals surface area contributed by atoms with E-state index in [2.05, 4.69) is 20.3 Å². The van der Waals surface area contributed by atoms with Gasteiger partial charge in [-0.1, -0.05) is 12.1 Å². The topological polar surface area (TPSA) is 67.8 Å². The molecule has 0 spiro atoms. The van der Waals surface area contributed by atoms with Crippen molar-refractivity contribution >= 4 is 16.8 Å². The van der Waals surface area contributed by atoms with Crippen LogP contribution < -0.4 is 5.32 Å². The zero-order valence-corrected chi connectivity index (χ0v) is 14.2. The molecule has 0 radical (unpaired) electrons. The summed E-state index contributed by atoms with van der Waals surface area (Å²) in [5, 5.41) is 3.99. The molecule has 1 aromatic carbocycles. The quantitative estimate of drug-likeness (QED) is 0.779. The van der Waals surface area contributed by atoms with Crippen LogP contribution in [0.25, 0.3) is 10.9 Å². The number of nitrogens with zero attached hydrogens (tertiary/aromatic N) is 3. The molecule has 0 aliphatic heterocycles. The maximum absolute atomic E-state index is 12.5. The van der Waals surface area contributed by atoms with Gasteiger partial charge in [0.15, 0.2) is 0 Å². The zero-order chi connectivity index (χ0) is 17.2. The summed E-state index contributed by atoms with van der Waals surface area (Å²) in [6.45, 7) is 2.57. The molecule has 1 aliphatic carbocycles. The number of amides is 1. The molecule has 25 heavy (non-hydrogen) atoms.